The van der Waals surface area contributed by atoms with Gasteiger partial charge in [0.15, 0.2) is 5.78 Å². The third kappa shape index (κ3) is 4.37. The zero-order chi connectivity index (χ0) is 21.0. The van der Waals surface area contributed by atoms with Gasteiger partial charge in [-0.3, -0.25) is 14.9 Å². The van der Waals surface area contributed by atoms with E-state index in [0.717, 1.165) is 19.3 Å². The Bertz CT molecular complexity index is 1010. The molecule has 0 unspecified atom stereocenters. The molecule has 1 aromatic heterocycles. The molecule has 3 rings (SSSR count). The molecular weight excluding hydrogens is 372 g/mol. The average Bonchev–Trinajstić information content (AvgIpc) is 3.05. The third-order valence-corrected chi connectivity index (χ3v) is 5.09. The molecule has 7 heteroatoms. The lowest BCUT2D eigenvalue weighted by Crippen LogP contribution is -2.14. The van der Waals surface area contributed by atoms with E-state index in [2.05, 4.69) is 10.1 Å². The van der Waals surface area contributed by atoms with Crippen molar-refractivity contribution in [2.75, 3.05) is 12.4 Å². The topological polar surface area (TPSA) is 109 Å². The number of aryl methyl sites for hydroxylation is 3. The third-order valence-electron chi connectivity index (χ3n) is 5.09. The van der Waals surface area contributed by atoms with Crippen LogP contribution in [0.5, 0.6) is 0 Å². The van der Waals surface area contributed by atoms with Crippen molar-refractivity contribution < 1.29 is 23.5 Å². The SMILES string of the molecule is COC(=O)c1c(C)oc(NC(=O)CCC(=O)c2ccc3c(c2)CCCC3)c1C#N. The summed E-state index contributed by atoms with van der Waals surface area (Å²) in [7, 11) is 1.19. The first-order valence-corrected chi connectivity index (χ1v) is 9.51. The van der Waals surface area contributed by atoms with Crippen molar-refractivity contribution in [2.24, 2.45) is 0 Å². The van der Waals surface area contributed by atoms with E-state index in [9.17, 15) is 19.6 Å². The van der Waals surface area contributed by atoms with Crippen molar-refractivity contribution in [1.29, 1.82) is 5.26 Å². The second-order valence-corrected chi connectivity index (χ2v) is 7.00. The molecule has 0 radical (unpaired) electrons. The molecule has 0 fully saturated rings. The highest BCUT2D eigenvalue weighted by Gasteiger charge is 2.25. The maximum absolute atomic E-state index is 12.5. The molecule has 0 spiro atoms. The lowest BCUT2D eigenvalue weighted by molar-refractivity contribution is -0.116. The van der Waals surface area contributed by atoms with Crippen LogP contribution in [-0.4, -0.2) is 24.8 Å². The lowest BCUT2D eigenvalue weighted by atomic mass is 9.89. The number of methoxy groups -OCH3 is 1. The van der Waals surface area contributed by atoms with Crippen molar-refractivity contribution in [1.82, 2.24) is 0 Å². The number of amides is 1. The number of benzene rings is 1. The van der Waals surface area contributed by atoms with Gasteiger partial charge >= 0.3 is 5.97 Å². The van der Waals surface area contributed by atoms with Crippen molar-refractivity contribution >= 4 is 23.5 Å². The van der Waals surface area contributed by atoms with Crippen LogP contribution < -0.4 is 5.32 Å². The summed E-state index contributed by atoms with van der Waals surface area (Å²) in [5.41, 5.74) is 3.01. The summed E-state index contributed by atoms with van der Waals surface area (Å²) in [6.07, 6.45) is 4.31. The second kappa shape index (κ2) is 8.74. The Kier molecular flexibility index (Phi) is 6.13. The highest BCUT2D eigenvalue weighted by molar-refractivity contribution is 6.01. The zero-order valence-electron chi connectivity index (χ0n) is 16.5. The number of carbonyl (C=O) groups is 3. The van der Waals surface area contributed by atoms with Crippen LogP contribution in [0.3, 0.4) is 0 Å². The number of esters is 1. The normalized spacial score (nSPS) is 12.6. The summed E-state index contributed by atoms with van der Waals surface area (Å²) in [5, 5.41) is 11.8. The minimum Gasteiger partial charge on any atom is -0.465 e. The van der Waals surface area contributed by atoms with E-state index in [-0.39, 0.29) is 41.4 Å². The number of carbonyl (C=O) groups excluding carboxylic acids is 3. The van der Waals surface area contributed by atoms with E-state index >= 15 is 0 Å². The van der Waals surface area contributed by atoms with Gasteiger partial charge < -0.3 is 9.15 Å². The Morgan fingerprint density at radius 1 is 1.17 bits per heavy atom. The summed E-state index contributed by atoms with van der Waals surface area (Å²) in [4.78, 5) is 36.5. The van der Waals surface area contributed by atoms with Gasteiger partial charge in [0.25, 0.3) is 0 Å². The molecule has 1 aliphatic rings. The summed E-state index contributed by atoms with van der Waals surface area (Å²) in [6, 6.07) is 7.60. The first-order chi connectivity index (χ1) is 13.9. The molecule has 7 nitrogen and oxygen atoms in total. The number of nitriles is 1. The van der Waals surface area contributed by atoms with E-state index in [1.165, 1.54) is 31.6 Å². The van der Waals surface area contributed by atoms with E-state index in [1.54, 1.807) is 0 Å². The molecule has 1 heterocycles. The van der Waals surface area contributed by atoms with Crippen molar-refractivity contribution in [3.63, 3.8) is 0 Å². The van der Waals surface area contributed by atoms with Crippen molar-refractivity contribution in [3.8, 4) is 6.07 Å². The molecule has 2 aromatic rings. The smallest absolute Gasteiger partial charge is 0.342 e. The average molecular weight is 394 g/mol. The highest BCUT2D eigenvalue weighted by atomic mass is 16.5. The van der Waals surface area contributed by atoms with Gasteiger partial charge in [-0.25, -0.2) is 4.79 Å². The minimum atomic E-state index is -0.717. The minimum absolute atomic E-state index is 0.0181. The summed E-state index contributed by atoms with van der Waals surface area (Å²) in [5.74, 6) is -1.24. The van der Waals surface area contributed by atoms with E-state index in [0.29, 0.717) is 5.56 Å². The van der Waals surface area contributed by atoms with E-state index in [4.69, 9.17) is 4.42 Å². The van der Waals surface area contributed by atoms with Crippen molar-refractivity contribution in [2.45, 2.75) is 45.4 Å². The maximum atomic E-state index is 12.5. The fraction of sp³-hybridized carbons (Fsp3) is 0.364. The standard InChI is InChI=1S/C22H22N2O5/c1-13-20(22(27)28-2)17(12-23)21(29-13)24-19(26)10-9-18(25)16-8-7-14-5-3-4-6-15(14)11-16/h7-8,11H,3-6,9-10H2,1-2H3,(H,24,26). The van der Waals surface area contributed by atoms with Gasteiger partial charge in [0.1, 0.15) is 23.0 Å². The molecular formula is C22H22N2O5. The predicted octanol–water partition coefficient (Wildman–Crippen LogP) is 3.73. The maximum Gasteiger partial charge on any atom is 0.342 e. The van der Waals surface area contributed by atoms with Crippen LogP contribution in [0.25, 0.3) is 0 Å². The number of ether oxygens (including phenoxy) is 1. The first kappa shape index (κ1) is 20.3. The van der Waals surface area contributed by atoms with Gasteiger partial charge in [0, 0.05) is 18.4 Å². The van der Waals surface area contributed by atoms with Crippen molar-refractivity contribution in [3.05, 3.63) is 51.8 Å². The summed E-state index contributed by atoms with van der Waals surface area (Å²) >= 11 is 0. The number of furan rings is 1. The van der Waals surface area contributed by atoms with Gasteiger partial charge in [-0.15, -0.1) is 0 Å². The van der Waals surface area contributed by atoms with Crippen LogP contribution in [0.15, 0.2) is 22.6 Å². The number of rotatable bonds is 6. The molecule has 0 saturated heterocycles. The highest BCUT2D eigenvalue weighted by Crippen LogP contribution is 2.27. The molecule has 1 aromatic carbocycles. The Morgan fingerprint density at radius 3 is 2.59 bits per heavy atom. The van der Waals surface area contributed by atoms with Crippen LogP contribution in [0.4, 0.5) is 5.88 Å². The number of fused-ring (bicyclic) bond motifs is 1. The number of nitrogens with zero attached hydrogens (tertiary/aromatic N) is 1. The van der Waals surface area contributed by atoms with Gasteiger partial charge in [-0.1, -0.05) is 12.1 Å². The molecule has 1 amide bonds. The van der Waals surface area contributed by atoms with Gasteiger partial charge in [0.05, 0.1) is 7.11 Å². The molecule has 1 N–H and O–H groups in total. The number of hydrogen-bond donors (Lipinski definition) is 1. The molecule has 0 bridgehead atoms. The molecule has 0 atom stereocenters. The van der Waals surface area contributed by atoms with Gasteiger partial charge in [-0.2, -0.15) is 5.26 Å². The number of ketones is 1. The molecule has 150 valence electrons. The monoisotopic (exact) mass is 394 g/mol. The van der Waals surface area contributed by atoms with Gasteiger partial charge in [0.2, 0.25) is 11.8 Å². The van der Waals surface area contributed by atoms with Crippen LogP contribution in [0.1, 0.15) is 68.8 Å². The zero-order valence-corrected chi connectivity index (χ0v) is 16.5. The van der Waals surface area contributed by atoms with Crippen LogP contribution >= 0.6 is 0 Å². The molecule has 0 aliphatic heterocycles. The number of hydrogen-bond acceptors (Lipinski definition) is 6. The Morgan fingerprint density at radius 2 is 1.90 bits per heavy atom. The van der Waals surface area contributed by atoms with E-state index in [1.807, 2.05) is 24.3 Å². The summed E-state index contributed by atoms with van der Waals surface area (Å²) < 4.78 is 9.98. The largest absolute Gasteiger partial charge is 0.465 e. The fourth-order valence-electron chi connectivity index (χ4n) is 3.55. The molecule has 1 aliphatic carbocycles. The fourth-order valence-corrected chi connectivity index (χ4v) is 3.55. The first-order valence-electron chi connectivity index (χ1n) is 9.51. The Hall–Kier alpha value is -3.40. The predicted molar refractivity (Wildman–Crippen MR) is 105 cm³/mol. The molecule has 0 saturated carbocycles. The van der Waals surface area contributed by atoms with Crippen LogP contribution in [0.2, 0.25) is 0 Å². The second-order valence-electron chi connectivity index (χ2n) is 7.00. The van der Waals surface area contributed by atoms with Crippen LogP contribution in [0, 0.1) is 18.3 Å². The van der Waals surface area contributed by atoms with Crippen LogP contribution in [-0.2, 0) is 22.4 Å². The lowest BCUT2D eigenvalue weighted by Gasteiger charge is -2.16. The Balaban J connectivity index is 1.64. The number of anilines is 1. The van der Waals surface area contributed by atoms with E-state index < -0.39 is 11.9 Å². The van der Waals surface area contributed by atoms with Gasteiger partial charge in [-0.05, 0) is 49.8 Å². The number of nitrogens with one attached hydrogen (secondary N) is 1. The Labute approximate surface area is 168 Å². The number of Topliss-reactive ketones (excluding diaryl/α,β-unsaturated/α-hetero) is 1. The molecule has 29 heavy (non-hydrogen) atoms. The summed E-state index contributed by atoms with van der Waals surface area (Å²) in [6.45, 7) is 1.50. The quantitative estimate of drug-likeness (QED) is 0.591.